The van der Waals surface area contributed by atoms with E-state index in [2.05, 4.69) is 10.6 Å². The Labute approximate surface area is 197 Å². The molecule has 0 aromatic heterocycles. The van der Waals surface area contributed by atoms with Crippen LogP contribution in [0, 0.1) is 0 Å². The number of likely N-dealkylation sites (N-methyl/N-ethyl adjacent to an activating group) is 1. The number of carbonyl (C=O) groups is 2. The minimum absolute atomic E-state index is 0.139. The third-order valence-electron chi connectivity index (χ3n) is 5.42. The zero-order valence-electron chi connectivity index (χ0n) is 18.8. The Bertz CT molecular complexity index is 1350. The van der Waals surface area contributed by atoms with Gasteiger partial charge in [-0.25, -0.2) is 8.42 Å². The Kier molecular flexibility index (Phi) is 6.60. The van der Waals surface area contributed by atoms with E-state index in [0.29, 0.717) is 29.1 Å². The summed E-state index contributed by atoms with van der Waals surface area (Å²) in [6.07, 6.45) is 0. The molecule has 34 heavy (non-hydrogen) atoms. The highest BCUT2D eigenvalue weighted by molar-refractivity contribution is 7.93. The van der Waals surface area contributed by atoms with E-state index in [0.717, 1.165) is 15.3 Å². The summed E-state index contributed by atoms with van der Waals surface area (Å²) < 4.78 is 38.0. The van der Waals surface area contributed by atoms with E-state index in [9.17, 15) is 18.0 Å². The molecule has 10 heteroatoms. The van der Waals surface area contributed by atoms with Crippen LogP contribution in [0.15, 0.2) is 59.5 Å². The molecule has 0 atom stereocenters. The van der Waals surface area contributed by atoms with E-state index >= 15 is 0 Å². The smallest absolute Gasteiger partial charge is 0.265 e. The van der Waals surface area contributed by atoms with E-state index in [1.54, 1.807) is 42.5 Å². The van der Waals surface area contributed by atoms with Crippen molar-refractivity contribution in [2.75, 3.05) is 31.1 Å². The summed E-state index contributed by atoms with van der Waals surface area (Å²) in [7, 11) is -2.33. The third-order valence-corrected chi connectivity index (χ3v) is 7.22. The van der Waals surface area contributed by atoms with E-state index in [4.69, 9.17) is 9.47 Å². The molecule has 1 aliphatic heterocycles. The van der Waals surface area contributed by atoms with E-state index in [1.807, 2.05) is 19.1 Å². The predicted octanol–water partition coefficient (Wildman–Crippen LogP) is 2.19. The maximum Gasteiger partial charge on any atom is 0.265 e. The summed E-state index contributed by atoms with van der Waals surface area (Å²) in [5.74, 6) is 0.137. The van der Waals surface area contributed by atoms with Crippen LogP contribution in [-0.4, -0.2) is 47.0 Å². The number of hydrogen-bond acceptors (Lipinski definition) is 6. The van der Waals surface area contributed by atoms with Gasteiger partial charge in [0.1, 0.15) is 6.54 Å². The predicted molar refractivity (Wildman–Crippen MR) is 127 cm³/mol. The Morgan fingerprint density at radius 1 is 0.971 bits per heavy atom. The lowest BCUT2D eigenvalue weighted by molar-refractivity contribution is -0.123. The molecule has 178 valence electrons. The van der Waals surface area contributed by atoms with Crippen LogP contribution in [0.3, 0.4) is 0 Å². The molecule has 1 aliphatic rings. The molecule has 0 radical (unpaired) electrons. The number of amides is 2. The normalized spacial score (nSPS) is 13.5. The van der Waals surface area contributed by atoms with Crippen molar-refractivity contribution in [1.29, 1.82) is 0 Å². The second kappa shape index (κ2) is 9.60. The van der Waals surface area contributed by atoms with Crippen molar-refractivity contribution in [3.05, 3.63) is 60.2 Å². The van der Waals surface area contributed by atoms with Gasteiger partial charge in [0, 0.05) is 18.5 Å². The lowest BCUT2D eigenvalue weighted by atomic mass is 10.1. The molecule has 3 aromatic carbocycles. The maximum absolute atomic E-state index is 13.0. The quantitative estimate of drug-likeness (QED) is 0.482. The fourth-order valence-corrected chi connectivity index (χ4v) is 5.51. The van der Waals surface area contributed by atoms with Gasteiger partial charge in [0.15, 0.2) is 18.1 Å². The monoisotopic (exact) mass is 483 g/mol. The maximum atomic E-state index is 13.0. The summed E-state index contributed by atoms with van der Waals surface area (Å²) in [5.41, 5.74) is 1.23. The van der Waals surface area contributed by atoms with Crippen LogP contribution in [-0.2, 0) is 26.2 Å². The zero-order valence-corrected chi connectivity index (χ0v) is 19.6. The molecular weight excluding hydrogens is 458 g/mol. The minimum Gasteiger partial charge on any atom is -0.493 e. The molecule has 0 fully saturated rings. The van der Waals surface area contributed by atoms with Gasteiger partial charge in [0.2, 0.25) is 5.91 Å². The second-order valence-electron chi connectivity index (χ2n) is 7.65. The highest BCUT2D eigenvalue weighted by atomic mass is 32.2. The highest BCUT2D eigenvalue weighted by Crippen LogP contribution is 2.41. The molecule has 0 spiro atoms. The number of rotatable bonds is 9. The van der Waals surface area contributed by atoms with Crippen molar-refractivity contribution in [3.63, 3.8) is 0 Å². The molecule has 4 rings (SSSR count). The van der Waals surface area contributed by atoms with Crippen molar-refractivity contribution in [3.8, 4) is 11.5 Å². The number of anilines is 1. The van der Waals surface area contributed by atoms with Crippen LogP contribution in [0.25, 0.3) is 10.8 Å². The van der Waals surface area contributed by atoms with Gasteiger partial charge in [0.05, 0.1) is 17.7 Å². The van der Waals surface area contributed by atoms with Gasteiger partial charge >= 0.3 is 0 Å². The summed E-state index contributed by atoms with van der Waals surface area (Å²) in [4.78, 5) is 24.5. The standard InChI is InChI=1S/C24H25N3O6S/c1-3-25-23(29)15-33-19-11-10-16(12-20(19)32-2)13-26-22(28)14-27-18-8-4-6-17-7-5-9-21(24(17)18)34(27,30)31/h4-12H,3,13-15H2,1-2H3,(H,25,29)(H,26,28). The summed E-state index contributed by atoms with van der Waals surface area (Å²) >= 11 is 0. The number of benzene rings is 3. The van der Waals surface area contributed by atoms with Crippen molar-refractivity contribution in [2.24, 2.45) is 0 Å². The number of sulfonamides is 1. The molecule has 3 aromatic rings. The topological polar surface area (TPSA) is 114 Å². The fourth-order valence-electron chi connectivity index (χ4n) is 3.85. The van der Waals surface area contributed by atoms with Gasteiger partial charge in [-0.3, -0.25) is 13.9 Å². The molecule has 2 amide bonds. The van der Waals surface area contributed by atoms with Gasteiger partial charge in [-0.05, 0) is 42.1 Å². The Morgan fingerprint density at radius 3 is 2.47 bits per heavy atom. The number of ether oxygens (including phenoxy) is 2. The Balaban J connectivity index is 1.42. The van der Waals surface area contributed by atoms with Gasteiger partial charge in [-0.2, -0.15) is 0 Å². The first-order chi connectivity index (χ1) is 16.3. The van der Waals surface area contributed by atoms with Crippen LogP contribution in [0.5, 0.6) is 11.5 Å². The first-order valence-electron chi connectivity index (χ1n) is 10.7. The molecular formula is C24H25N3O6S. The molecule has 9 nitrogen and oxygen atoms in total. The lowest BCUT2D eigenvalue weighted by Gasteiger charge is -2.18. The molecule has 2 N–H and O–H groups in total. The number of carbonyl (C=O) groups excluding carboxylic acids is 2. The van der Waals surface area contributed by atoms with Crippen LogP contribution in [0.1, 0.15) is 12.5 Å². The highest BCUT2D eigenvalue weighted by Gasteiger charge is 2.36. The van der Waals surface area contributed by atoms with Gasteiger partial charge in [-0.15, -0.1) is 0 Å². The first-order valence-corrected chi connectivity index (χ1v) is 12.2. The minimum atomic E-state index is -3.81. The van der Waals surface area contributed by atoms with E-state index in [-0.39, 0.29) is 30.5 Å². The summed E-state index contributed by atoms with van der Waals surface area (Å²) in [6, 6.07) is 15.5. The van der Waals surface area contributed by atoms with Gasteiger partial charge in [-0.1, -0.05) is 30.3 Å². The Hall–Kier alpha value is -3.79. The Morgan fingerprint density at radius 2 is 1.74 bits per heavy atom. The van der Waals surface area contributed by atoms with Crippen molar-refractivity contribution in [2.45, 2.75) is 18.4 Å². The number of hydrogen-bond donors (Lipinski definition) is 2. The second-order valence-corrected chi connectivity index (χ2v) is 9.48. The number of methoxy groups -OCH3 is 1. The van der Waals surface area contributed by atoms with Gasteiger partial charge < -0.3 is 20.1 Å². The summed E-state index contributed by atoms with van der Waals surface area (Å²) in [5, 5.41) is 6.84. The van der Waals surface area contributed by atoms with E-state index in [1.165, 1.54) is 7.11 Å². The average molecular weight is 484 g/mol. The molecule has 0 saturated carbocycles. The summed E-state index contributed by atoms with van der Waals surface area (Å²) in [6.45, 7) is 2.02. The number of nitrogens with one attached hydrogen (secondary N) is 2. The third kappa shape index (κ3) is 4.49. The molecule has 0 bridgehead atoms. The van der Waals surface area contributed by atoms with Crippen LogP contribution < -0.4 is 24.4 Å². The van der Waals surface area contributed by atoms with Crippen molar-refractivity contribution < 1.29 is 27.5 Å². The number of nitrogens with zero attached hydrogens (tertiary/aromatic N) is 1. The van der Waals surface area contributed by atoms with Crippen molar-refractivity contribution in [1.82, 2.24) is 10.6 Å². The van der Waals surface area contributed by atoms with Gasteiger partial charge in [0.25, 0.3) is 15.9 Å². The molecule has 0 saturated heterocycles. The SMILES string of the molecule is CCNC(=O)COc1ccc(CNC(=O)CN2c3cccc4cccc(c34)S2(=O)=O)cc1OC. The molecule has 0 unspecified atom stereocenters. The molecule has 0 aliphatic carbocycles. The van der Waals surface area contributed by atoms with Crippen LogP contribution >= 0.6 is 0 Å². The van der Waals surface area contributed by atoms with Crippen LogP contribution in [0.4, 0.5) is 5.69 Å². The lowest BCUT2D eigenvalue weighted by Crippen LogP contribution is -2.38. The largest absolute Gasteiger partial charge is 0.493 e. The van der Waals surface area contributed by atoms with Crippen molar-refractivity contribution >= 4 is 38.3 Å². The zero-order chi connectivity index (χ0) is 24.3. The van der Waals surface area contributed by atoms with E-state index < -0.39 is 15.9 Å². The molecule has 1 heterocycles. The average Bonchev–Trinajstić information content (AvgIpc) is 3.05. The van der Waals surface area contributed by atoms with Crippen LogP contribution in [0.2, 0.25) is 0 Å². The fraction of sp³-hybridized carbons (Fsp3) is 0.250. The first kappa shape index (κ1) is 23.4.